The Morgan fingerprint density at radius 3 is 2.83 bits per heavy atom. The monoisotopic (exact) mass is 169 g/mol. The minimum atomic E-state index is 0.732. The molecule has 0 N–H and O–H groups in total. The van der Waals surface area contributed by atoms with Crippen LogP contribution >= 0.6 is 0 Å². The van der Waals surface area contributed by atoms with Crippen LogP contribution in [0.2, 0.25) is 0 Å². The van der Waals surface area contributed by atoms with E-state index in [9.17, 15) is 0 Å². The van der Waals surface area contributed by atoms with Gasteiger partial charge in [0.15, 0.2) is 0 Å². The molecule has 0 spiro atoms. The highest BCUT2D eigenvalue weighted by Crippen LogP contribution is 2.32. The predicted molar refractivity (Wildman–Crippen MR) is 49.2 cm³/mol. The first-order valence-electron chi connectivity index (χ1n) is 5.13. The maximum atomic E-state index is 5.22. The molecule has 0 aromatic heterocycles. The normalized spacial score (nSPS) is 31.2. The molecule has 2 fully saturated rings. The molecule has 0 unspecified atom stereocenters. The molecule has 0 amide bonds. The van der Waals surface area contributed by atoms with Gasteiger partial charge in [-0.1, -0.05) is 0 Å². The third-order valence-corrected chi connectivity index (χ3v) is 3.05. The molecular formula is C10H19NO. The smallest absolute Gasteiger partial charge is 0.0618 e. The van der Waals surface area contributed by atoms with E-state index in [1.54, 1.807) is 0 Å². The van der Waals surface area contributed by atoms with Gasteiger partial charge in [0.25, 0.3) is 0 Å². The number of hydrogen-bond acceptors (Lipinski definition) is 2. The summed E-state index contributed by atoms with van der Waals surface area (Å²) in [6, 6.07) is 0.732. The van der Waals surface area contributed by atoms with Crippen molar-refractivity contribution in [3.63, 3.8) is 0 Å². The first-order chi connectivity index (χ1) is 5.90. The molecule has 1 heterocycles. The Morgan fingerprint density at radius 2 is 2.17 bits per heavy atom. The lowest BCUT2D eigenvalue weighted by atomic mass is 10.2. The van der Waals surface area contributed by atoms with Crippen molar-refractivity contribution in [3.8, 4) is 0 Å². The van der Waals surface area contributed by atoms with Crippen LogP contribution < -0.4 is 0 Å². The van der Waals surface area contributed by atoms with Gasteiger partial charge in [-0.3, -0.25) is 4.90 Å². The SMILES string of the molecule is COC[C@@H]1CCCN1CC1CC1. The lowest BCUT2D eigenvalue weighted by molar-refractivity contribution is 0.113. The molecule has 2 rings (SSSR count). The number of nitrogens with zero attached hydrogens (tertiary/aromatic N) is 1. The fourth-order valence-electron chi connectivity index (χ4n) is 2.15. The summed E-state index contributed by atoms with van der Waals surface area (Å²) in [5, 5.41) is 0. The van der Waals surface area contributed by atoms with Gasteiger partial charge in [-0.15, -0.1) is 0 Å². The lowest BCUT2D eigenvalue weighted by Gasteiger charge is -2.23. The summed E-state index contributed by atoms with van der Waals surface area (Å²) in [7, 11) is 1.81. The molecule has 12 heavy (non-hydrogen) atoms. The summed E-state index contributed by atoms with van der Waals surface area (Å²) >= 11 is 0. The average Bonchev–Trinajstić information content (AvgIpc) is 2.76. The van der Waals surface area contributed by atoms with Gasteiger partial charge in [0.1, 0.15) is 0 Å². The average molecular weight is 169 g/mol. The molecule has 0 aromatic carbocycles. The summed E-state index contributed by atoms with van der Waals surface area (Å²) in [5.74, 6) is 1.03. The van der Waals surface area contributed by atoms with Gasteiger partial charge in [-0.25, -0.2) is 0 Å². The lowest BCUT2D eigenvalue weighted by Crippen LogP contribution is -2.34. The Kier molecular flexibility index (Phi) is 2.66. The molecule has 0 bridgehead atoms. The highest BCUT2D eigenvalue weighted by molar-refractivity contribution is 4.84. The van der Waals surface area contributed by atoms with Crippen LogP contribution in [0.3, 0.4) is 0 Å². The van der Waals surface area contributed by atoms with Gasteiger partial charge < -0.3 is 4.74 Å². The zero-order chi connectivity index (χ0) is 8.39. The maximum absolute atomic E-state index is 5.22. The first kappa shape index (κ1) is 8.52. The van der Waals surface area contributed by atoms with Crippen LogP contribution in [0.15, 0.2) is 0 Å². The van der Waals surface area contributed by atoms with Gasteiger partial charge in [0, 0.05) is 19.7 Å². The van der Waals surface area contributed by atoms with Crippen LogP contribution in [0.5, 0.6) is 0 Å². The Hall–Kier alpha value is -0.0800. The molecule has 1 aliphatic carbocycles. The van der Waals surface area contributed by atoms with Crippen molar-refractivity contribution < 1.29 is 4.74 Å². The van der Waals surface area contributed by atoms with Crippen LogP contribution in [-0.4, -0.2) is 37.7 Å². The molecule has 0 radical (unpaired) electrons. The second kappa shape index (κ2) is 3.75. The van der Waals surface area contributed by atoms with Crippen LogP contribution in [0.1, 0.15) is 25.7 Å². The highest BCUT2D eigenvalue weighted by atomic mass is 16.5. The zero-order valence-electron chi connectivity index (χ0n) is 7.96. The summed E-state index contributed by atoms with van der Waals surface area (Å²) in [5.41, 5.74) is 0. The van der Waals surface area contributed by atoms with Crippen molar-refractivity contribution in [2.45, 2.75) is 31.7 Å². The van der Waals surface area contributed by atoms with E-state index in [-0.39, 0.29) is 0 Å². The number of rotatable bonds is 4. The summed E-state index contributed by atoms with van der Waals surface area (Å²) in [6.07, 6.45) is 5.66. The van der Waals surface area contributed by atoms with E-state index in [1.165, 1.54) is 38.8 Å². The Morgan fingerprint density at radius 1 is 1.33 bits per heavy atom. The minimum Gasteiger partial charge on any atom is -0.383 e. The molecule has 2 heteroatoms. The largest absolute Gasteiger partial charge is 0.383 e. The second-order valence-corrected chi connectivity index (χ2v) is 4.19. The van der Waals surface area contributed by atoms with Crippen LogP contribution in [0, 0.1) is 5.92 Å². The molecule has 1 atom stereocenters. The molecule has 1 aliphatic heterocycles. The molecule has 2 nitrogen and oxygen atoms in total. The van der Waals surface area contributed by atoms with E-state index in [1.807, 2.05) is 7.11 Å². The van der Waals surface area contributed by atoms with Crippen molar-refractivity contribution in [3.05, 3.63) is 0 Å². The fraction of sp³-hybridized carbons (Fsp3) is 1.00. The molecule has 70 valence electrons. The van der Waals surface area contributed by atoms with Crippen molar-refractivity contribution in [1.82, 2.24) is 4.90 Å². The van der Waals surface area contributed by atoms with Gasteiger partial charge >= 0.3 is 0 Å². The second-order valence-electron chi connectivity index (χ2n) is 4.19. The standard InChI is InChI=1S/C10H19NO/c1-12-8-10-3-2-6-11(10)7-9-4-5-9/h9-10H,2-8H2,1H3/t10-/m0/s1. The number of methoxy groups -OCH3 is 1. The maximum Gasteiger partial charge on any atom is 0.0618 e. The minimum absolute atomic E-state index is 0.732. The van der Waals surface area contributed by atoms with E-state index in [0.29, 0.717) is 0 Å². The summed E-state index contributed by atoms with van der Waals surface area (Å²) < 4.78 is 5.22. The van der Waals surface area contributed by atoms with Crippen molar-refractivity contribution in [2.75, 3.05) is 26.8 Å². The van der Waals surface area contributed by atoms with Crippen LogP contribution in [0.25, 0.3) is 0 Å². The third kappa shape index (κ3) is 1.99. The van der Waals surface area contributed by atoms with Crippen molar-refractivity contribution >= 4 is 0 Å². The highest BCUT2D eigenvalue weighted by Gasteiger charge is 2.30. The van der Waals surface area contributed by atoms with Gasteiger partial charge in [0.2, 0.25) is 0 Å². The van der Waals surface area contributed by atoms with E-state index < -0.39 is 0 Å². The predicted octanol–water partition coefficient (Wildman–Crippen LogP) is 1.51. The third-order valence-electron chi connectivity index (χ3n) is 3.05. The first-order valence-corrected chi connectivity index (χ1v) is 5.13. The van der Waals surface area contributed by atoms with Crippen molar-refractivity contribution in [1.29, 1.82) is 0 Å². The molecule has 2 aliphatic rings. The van der Waals surface area contributed by atoms with Gasteiger partial charge in [-0.2, -0.15) is 0 Å². The van der Waals surface area contributed by atoms with Gasteiger partial charge in [-0.05, 0) is 38.1 Å². The quantitative estimate of drug-likeness (QED) is 0.632. The Balaban J connectivity index is 1.76. The molecule has 1 saturated heterocycles. The van der Waals surface area contributed by atoms with Crippen molar-refractivity contribution in [2.24, 2.45) is 5.92 Å². The van der Waals surface area contributed by atoms with E-state index >= 15 is 0 Å². The number of likely N-dealkylation sites (tertiary alicyclic amines) is 1. The zero-order valence-corrected chi connectivity index (χ0v) is 7.96. The fourth-order valence-corrected chi connectivity index (χ4v) is 2.15. The molecular weight excluding hydrogens is 150 g/mol. The van der Waals surface area contributed by atoms with E-state index in [0.717, 1.165) is 18.6 Å². The van der Waals surface area contributed by atoms with Crippen LogP contribution in [-0.2, 0) is 4.74 Å². The van der Waals surface area contributed by atoms with Crippen LogP contribution in [0.4, 0.5) is 0 Å². The summed E-state index contributed by atoms with van der Waals surface area (Å²) in [4.78, 5) is 2.63. The molecule has 0 aromatic rings. The number of hydrogen-bond donors (Lipinski definition) is 0. The Labute approximate surface area is 74.9 Å². The number of ether oxygens (including phenoxy) is 1. The molecule has 1 saturated carbocycles. The van der Waals surface area contributed by atoms with E-state index in [4.69, 9.17) is 4.74 Å². The van der Waals surface area contributed by atoms with Gasteiger partial charge in [0.05, 0.1) is 6.61 Å². The van der Waals surface area contributed by atoms with E-state index in [2.05, 4.69) is 4.90 Å². The summed E-state index contributed by atoms with van der Waals surface area (Å²) in [6.45, 7) is 3.59. The Bertz CT molecular complexity index is 145. The topological polar surface area (TPSA) is 12.5 Å².